The Morgan fingerprint density at radius 2 is 0.702 bits per heavy atom. The second-order valence-corrected chi connectivity index (χ2v) is 15.6. The molecule has 0 saturated carbocycles. The van der Waals surface area contributed by atoms with Crippen LogP contribution in [0.5, 0.6) is 0 Å². The Kier molecular flexibility index (Phi) is 43.5. The second-order valence-electron chi connectivity index (χ2n) is 15.6. The van der Waals surface area contributed by atoms with Crippen molar-refractivity contribution in [3.05, 3.63) is 60.8 Å². The van der Waals surface area contributed by atoms with Crippen LogP contribution in [0.2, 0.25) is 0 Å². The molecule has 328 valence electrons. The van der Waals surface area contributed by atoms with E-state index in [9.17, 15) is 14.4 Å². The van der Waals surface area contributed by atoms with Gasteiger partial charge in [0.2, 0.25) is 0 Å². The maximum absolute atomic E-state index is 12.7. The van der Waals surface area contributed by atoms with Crippen molar-refractivity contribution in [2.24, 2.45) is 0 Å². The number of allylic oxidation sites excluding steroid dienone is 10. The smallest absolute Gasteiger partial charge is 0.306 e. The minimum Gasteiger partial charge on any atom is -0.462 e. The summed E-state index contributed by atoms with van der Waals surface area (Å²) < 4.78 is 16.7. The van der Waals surface area contributed by atoms with Crippen molar-refractivity contribution in [2.45, 2.75) is 232 Å². The number of rotatable bonds is 42. The zero-order chi connectivity index (χ0) is 41.5. The van der Waals surface area contributed by atoms with E-state index in [0.717, 1.165) is 96.3 Å². The van der Waals surface area contributed by atoms with E-state index in [1.165, 1.54) is 89.9 Å². The summed E-state index contributed by atoms with van der Waals surface area (Å²) in [7, 11) is 0. The first-order chi connectivity index (χ1) is 28.0. The molecule has 1 unspecified atom stereocenters. The second kappa shape index (κ2) is 45.8. The third-order valence-corrected chi connectivity index (χ3v) is 10.0. The van der Waals surface area contributed by atoms with Crippen LogP contribution in [0.1, 0.15) is 226 Å². The molecule has 0 spiro atoms. The lowest BCUT2D eigenvalue weighted by Gasteiger charge is -2.18. The molecule has 0 saturated heterocycles. The number of ether oxygens (including phenoxy) is 3. The van der Waals surface area contributed by atoms with Gasteiger partial charge in [0.05, 0.1) is 0 Å². The maximum Gasteiger partial charge on any atom is 0.306 e. The highest BCUT2D eigenvalue weighted by Gasteiger charge is 2.19. The number of hydrogen-bond donors (Lipinski definition) is 0. The molecule has 0 rings (SSSR count). The topological polar surface area (TPSA) is 78.9 Å². The van der Waals surface area contributed by atoms with Gasteiger partial charge in [-0.15, -0.1) is 0 Å². The zero-order valence-corrected chi connectivity index (χ0v) is 37.3. The number of hydrogen-bond acceptors (Lipinski definition) is 6. The summed E-state index contributed by atoms with van der Waals surface area (Å²) in [4.78, 5) is 37.8. The van der Waals surface area contributed by atoms with Gasteiger partial charge in [-0.3, -0.25) is 14.4 Å². The molecule has 0 bridgehead atoms. The van der Waals surface area contributed by atoms with E-state index in [1.54, 1.807) is 0 Å². The largest absolute Gasteiger partial charge is 0.462 e. The molecule has 0 N–H and O–H groups in total. The van der Waals surface area contributed by atoms with E-state index in [4.69, 9.17) is 14.2 Å². The molecule has 0 aromatic heterocycles. The summed E-state index contributed by atoms with van der Waals surface area (Å²) in [6, 6.07) is 0. The highest BCUT2D eigenvalue weighted by atomic mass is 16.6. The summed E-state index contributed by atoms with van der Waals surface area (Å²) in [6.07, 6.45) is 54.8. The molecule has 6 heteroatoms. The van der Waals surface area contributed by atoms with Crippen LogP contribution in [0, 0.1) is 0 Å². The van der Waals surface area contributed by atoms with Crippen LogP contribution in [0.15, 0.2) is 60.8 Å². The first kappa shape index (κ1) is 54.1. The van der Waals surface area contributed by atoms with Gasteiger partial charge in [-0.25, -0.2) is 0 Å². The Labute approximate surface area is 351 Å². The minimum atomic E-state index is -0.786. The summed E-state index contributed by atoms with van der Waals surface area (Å²) in [5.74, 6) is -0.929. The van der Waals surface area contributed by atoms with Crippen LogP contribution in [0.4, 0.5) is 0 Å². The lowest BCUT2D eigenvalue weighted by Crippen LogP contribution is -2.30. The highest BCUT2D eigenvalue weighted by molar-refractivity contribution is 5.71. The van der Waals surface area contributed by atoms with E-state index < -0.39 is 6.10 Å². The average molecular weight is 797 g/mol. The predicted molar refractivity (Wildman–Crippen MR) is 242 cm³/mol. The number of unbranched alkanes of at least 4 members (excludes halogenated alkanes) is 21. The van der Waals surface area contributed by atoms with Crippen LogP contribution >= 0.6 is 0 Å². The minimum absolute atomic E-state index is 0.0878. The molecule has 0 amide bonds. The standard InChI is InChI=1S/C51H88O6/c1-4-7-10-13-16-19-22-24-25-26-27-30-32-35-38-41-44-50(53)56-47-48(46-55-49(52)43-40-37-34-31-28-21-18-15-12-9-6-3)57-51(54)45-42-39-36-33-29-23-20-17-14-11-8-5-2/h7,10,15-16,18-19,24-25,27,30,48H,4-6,8-9,11-14,17,20-23,26,28-29,31-47H2,1-3H3/b10-7-,18-15-,19-16-,25-24-,30-27-. The van der Waals surface area contributed by atoms with Crippen molar-refractivity contribution in [3.63, 3.8) is 0 Å². The van der Waals surface area contributed by atoms with Crippen molar-refractivity contribution >= 4 is 17.9 Å². The SMILES string of the molecule is CC/C=C\C/C=C\C/C=C\C/C=C\CCCCCC(=O)OCC(COC(=O)CCCCCCC/C=C\CCCC)OC(=O)CCCCCCCCCCCCCC. The van der Waals surface area contributed by atoms with E-state index in [0.29, 0.717) is 19.3 Å². The number of carbonyl (C=O) groups excluding carboxylic acids is 3. The molecule has 0 aliphatic heterocycles. The van der Waals surface area contributed by atoms with E-state index in [1.807, 2.05) is 0 Å². The van der Waals surface area contributed by atoms with Gasteiger partial charge < -0.3 is 14.2 Å². The third kappa shape index (κ3) is 44.1. The van der Waals surface area contributed by atoms with Gasteiger partial charge in [0, 0.05) is 19.3 Å². The van der Waals surface area contributed by atoms with Crippen LogP contribution in [0.3, 0.4) is 0 Å². The van der Waals surface area contributed by atoms with Gasteiger partial charge >= 0.3 is 17.9 Å². The summed E-state index contributed by atoms with van der Waals surface area (Å²) in [6.45, 7) is 6.44. The highest BCUT2D eigenvalue weighted by Crippen LogP contribution is 2.14. The predicted octanol–water partition coefficient (Wildman–Crippen LogP) is 15.3. The fourth-order valence-corrected chi connectivity index (χ4v) is 6.41. The maximum atomic E-state index is 12.7. The Balaban J connectivity index is 4.43. The number of carbonyl (C=O) groups is 3. The zero-order valence-electron chi connectivity index (χ0n) is 37.3. The third-order valence-electron chi connectivity index (χ3n) is 10.0. The van der Waals surface area contributed by atoms with Crippen LogP contribution in [0.25, 0.3) is 0 Å². The molecule has 57 heavy (non-hydrogen) atoms. The Bertz CT molecular complexity index is 1050. The fraction of sp³-hybridized carbons (Fsp3) is 0.745. The fourth-order valence-electron chi connectivity index (χ4n) is 6.41. The average Bonchev–Trinajstić information content (AvgIpc) is 3.21. The first-order valence-corrected chi connectivity index (χ1v) is 23.8. The van der Waals surface area contributed by atoms with Crippen molar-refractivity contribution in [1.29, 1.82) is 0 Å². The van der Waals surface area contributed by atoms with E-state index in [-0.39, 0.29) is 31.1 Å². The Hall–Kier alpha value is -2.89. The van der Waals surface area contributed by atoms with Crippen LogP contribution in [-0.4, -0.2) is 37.2 Å². The first-order valence-electron chi connectivity index (χ1n) is 23.8. The molecule has 0 heterocycles. The van der Waals surface area contributed by atoms with Gasteiger partial charge in [-0.2, -0.15) is 0 Å². The molecule has 0 aromatic rings. The van der Waals surface area contributed by atoms with Crippen molar-refractivity contribution in [3.8, 4) is 0 Å². The Morgan fingerprint density at radius 3 is 1.16 bits per heavy atom. The van der Waals surface area contributed by atoms with Crippen LogP contribution < -0.4 is 0 Å². The Morgan fingerprint density at radius 1 is 0.368 bits per heavy atom. The lowest BCUT2D eigenvalue weighted by atomic mass is 10.0. The van der Waals surface area contributed by atoms with Gasteiger partial charge in [-0.1, -0.05) is 191 Å². The molecular formula is C51H88O6. The van der Waals surface area contributed by atoms with Crippen molar-refractivity contribution in [1.82, 2.24) is 0 Å². The summed E-state index contributed by atoms with van der Waals surface area (Å²) in [5.41, 5.74) is 0. The molecule has 0 radical (unpaired) electrons. The molecule has 6 nitrogen and oxygen atoms in total. The van der Waals surface area contributed by atoms with Gasteiger partial charge in [0.1, 0.15) is 13.2 Å². The monoisotopic (exact) mass is 797 g/mol. The molecule has 1 atom stereocenters. The molecule has 0 fully saturated rings. The van der Waals surface area contributed by atoms with Crippen molar-refractivity contribution in [2.75, 3.05) is 13.2 Å². The summed E-state index contributed by atoms with van der Waals surface area (Å²) >= 11 is 0. The summed E-state index contributed by atoms with van der Waals surface area (Å²) in [5, 5.41) is 0. The molecule has 0 aromatic carbocycles. The molecule has 0 aliphatic rings. The van der Waals surface area contributed by atoms with E-state index in [2.05, 4.69) is 81.5 Å². The molecular weight excluding hydrogens is 709 g/mol. The van der Waals surface area contributed by atoms with Crippen molar-refractivity contribution < 1.29 is 28.6 Å². The van der Waals surface area contributed by atoms with E-state index >= 15 is 0 Å². The molecule has 0 aliphatic carbocycles. The van der Waals surface area contributed by atoms with Gasteiger partial charge in [0.25, 0.3) is 0 Å². The van der Waals surface area contributed by atoms with Crippen LogP contribution in [-0.2, 0) is 28.6 Å². The number of esters is 3. The lowest BCUT2D eigenvalue weighted by molar-refractivity contribution is -0.167. The quantitative estimate of drug-likeness (QED) is 0.0265. The normalized spacial score (nSPS) is 12.5. The van der Waals surface area contributed by atoms with Gasteiger partial charge in [-0.05, 0) is 77.0 Å². The van der Waals surface area contributed by atoms with Gasteiger partial charge in [0.15, 0.2) is 6.10 Å².